The van der Waals surface area contributed by atoms with E-state index in [9.17, 15) is 0 Å². The second kappa shape index (κ2) is 6.19. The number of hydrogen-bond acceptors (Lipinski definition) is 2. The lowest BCUT2D eigenvalue weighted by Crippen LogP contribution is -2.04. The van der Waals surface area contributed by atoms with Crippen LogP contribution in [-0.2, 0) is 6.54 Å². The van der Waals surface area contributed by atoms with Gasteiger partial charge in [0.15, 0.2) is 0 Å². The van der Waals surface area contributed by atoms with Gasteiger partial charge in [0, 0.05) is 17.3 Å². The summed E-state index contributed by atoms with van der Waals surface area (Å²) in [5, 5.41) is 4.10. The molecule has 0 aliphatic rings. The molecule has 3 nitrogen and oxygen atoms in total. The number of rotatable bonds is 5. The van der Waals surface area contributed by atoms with Crippen LogP contribution in [0.3, 0.4) is 0 Å². The summed E-state index contributed by atoms with van der Waals surface area (Å²) in [7, 11) is 0. The van der Waals surface area contributed by atoms with Gasteiger partial charge in [0.2, 0.25) is 5.95 Å². The molecule has 0 fully saturated rings. The van der Waals surface area contributed by atoms with Gasteiger partial charge in [-0.1, -0.05) is 43.1 Å². The molecule has 0 unspecified atom stereocenters. The van der Waals surface area contributed by atoms with Crippen molar-refractivity contribution in [2.45, 2.75) is 26.3 Å². The Kier molecular flexibility index (Phi) is 4.11. The minimum absolute atomic E-state index is 0.719. The molecule has 0 aliphatic carbocycles. The van der Waals surface area contributed by atoms with E-state index in [0.717, 1.165) is 47.1 Å². The molecular formula is C17H18ClN3. The molecule has 0 bridgehead atoms. The molecule has 1 heterocycles. The lowest BCUT2D eigenvalue weighted by molar-refractivity contribution is 0.652. The van der Waals surface area contributed by atoms with Crippen LogP contribution in [0.25, 0.3) is 11.0 Å². The summed E-state index contributed by atoms with van der Waals surface area (Å²) in [4.78, 5) is 4.70. The highest BCUT2D eigenvalue weighted by Crippen LogP contribution is 2.24. The summed E-state index contributed by atoms with van der Waals surface area (Å²) >= 11 is 6.05. The molecule has 0 amide bonds. The Hall–Kier alpha value is -2.00. The summed E-state index contributed by atoms with van der Waals surface area (Å²) in [5.41, 5.74) is 3.13. The van der Waals surface area contributed by atoms with Crippen molar-refractivity contribution in [2.75, 3.05) is 5.32 Å². The number of halogens is 1. The predicted octanol–water partition coefficient (Wildman–Crippen LogP) is 5.23. The van der Waals surface area contributed by atoms with Gasteiger partial charge in [0.25, 0.3) is 0 Å². The highest BCUT2D eigenvalue weighted by atomic mass is 35.5. The summed E-state index contributed by atoms with van der Waals surface area (Å²) < 4.78 is 2.24. The maximum absolute atomic E-state index is 6.05. The number of aryl methyl sites for hydroxylation is 1. The van der Waals surface area contributed by atoms with Gasteiger partial charge >= 0.3 is 0 Å². The fourth-order valence-electron chi connectivity index (χ4n) is 2.41. The zero-order chi connectivity index (χ0) is 14.7. The van der Waals surface area contributed by atoms with Gasteiger partial charge in [0.1, 0.15) is 0 Å². The third-order valence-electron chi connectivity index (χ3n) is 3.47. The topological polar surface area (TPSA) is 29.9 Å². The van der Waals surface area contributed by atoms with E-state index < -0.39 is 0 Å². The van der Waals surface area contributed by atoms with Crippen molar-refractivity contribution in [2.24, 2.45) is 0 Å². The highest BCUT2D eigenvalue weighted by Gasteiger charge is 2.10. The zero-order valence-electron chi connectivity index (χ0n) is 12.0. The number of aromatic nitrogens is 2. The average molecular weight is 300 g/mol. The van der Waals surface area contributed by atoms with Crippen LogP contribution in [0, 0.1) is 0 Å². The number of nitrogens with zero attached hydrogens (tertiary/aromatic N) is 2. The molecule has 0 atom stereocenters. The standard InChI is InChI=1S/C17H18ClN3/c1-2-3-11-21-16-10-5-4-9-15(16)20-17(21)19-14-8-6-7-13(18)12-14/h4-10,12H,2-3,11H2,1H3,(H,19,20). The van der Waals surface area contributed by atoms with Crippen molar-refractivity contribution < 1.29 is 0 Å². The molecule has 108 valence electrons. The van der Waals surface area contributed by atoms with Crippen molar-refractivity contribution in [3.8, 4) is 0 Å². The van der Waals surface area contributed by atoms with Crippen molar-refractivity contribution >= 4 is 34.3 Å². The molecule has 21 heavy (non-hydrogen) atoms. The van der Waals surface area contributed by atoms with Gasteiger partial charge < -0.3 is 9.88 Å². The highest BCUT2D eigenvalue weighted by molar-refractivity contribution is 6.30. The Balaban J connectivity index is 2.00. The fourth-order valence-corrected chi connectivity index (χ4v) is 2.60. The molecule has 4 heteroatoms. The van der Waals surface area contributed by atoms with Crippen LogP contribution in [-0.4, -0.2) is 9.55 Å². The Morgan fingerprint density at radius 2 is 2.00 bits per heavy atom. The number of fused-ring (bicyclic) bond motifs is 1. The maximum Gasteiger partial charge on any atom is 0.208 e. The number of anilines is 2. The quantitative estimate of drug-likeness (QED) is 0.699. The van der Waals surface area contributed by atoms with E-state index in [0.29, 0.717) is 0 Å². The van der Waals surface area contributed by atoms with E-state index in [-0.39, 0.29) is 0 Å². The van der Waals surface area contributed by atoms with Crippen molar-refractivity contribution in [3.05, 3.63) is 53.6 Å². The number of para-hydroxylation sites is 2. The molecule has 0 saturated carbocycles. The van der Waals surface area contributed by atoms with Gasteiger partial charge in [-0.3, -0.25) is 0 Å². The summed E-state index contributed by atoms with van der Waals surface area (Å²) in [5.74, 6) is 0.868. The molecule has 2 aromatic carbocycles. The largest absolute Gasteiger partial charge is 0.326 e. The van der Waals surface area contributed by atoms with Crippen LogP contribution in [0.1, 0.15) is 19.8 Å². The Morgan fingerprint density at radius 1 is 1.14 bits per heavy atom. The number of benzene rings is 2. The van der Waals surface area contributed by atoms with Gasteiger partial charge in [-0.2, -0.15) is 0 Å². The first-order chi connectivity index (χ1) is 10.3. The number of imidazole rings is 1. The summed E-state index contributed by atoms with van der Waals surface area (Å²) in [6, 6.07) is 15.9. The van der Waals surface area contributed by atoms with Crippen LogP contribution in [0.2, 0.25) is 5.02 Å². The smallest absolute Gasteiger partial charge is 0.208 e. The number of unbranched alkanes of at least 4 members (excludes halogenated alkanes) is 1. The summed E-state index contributed by atoms with van der Waals surface area (Å²) in [6.07, 6.45) is 2.29. The molecule has 1 aromatic heterocycles. The molecular weight excluding hydrogens is 282 g/mol. The van der Waals surface area contributed by atoms with Crippen LogP contribution < -0.4 is 5.32 Å². The van der Waals surface area contributed by atoms with Gasteiger partial charge in [-0.25, -0.2) is 4.98 Å². The Morgan fingerprint density at radius 3 is 2.81 bits per heavy atom. The SMILES string of the molecule is CCCCn1c(Nc2cccc(Cl)c2)nc2ccccc21. The van der Waals surface area contributed by atoms with E-state index in [1.807, 2.05) is 36.4 Å². The van der Waals surface area contributed by atoms with Gasteiger partial charge in [-0.05, 0) is 36.8 Å². The monoisotopic (exact) mass is 299 g/mol. The molecule has 1 N–H and O–H groups in total. The normalized spacial score (nSPS) is 11.0. The molecule has 3 rings (SSSR count). The van der Waals surface area contributed by atoms with E-state index in [1.165, 1.54) is 0 Å². The van der Waals surface area contributed by atoms with Crippen LogP contribution >= 0.6 is 11.6 Å². The Labute approximate surface area is 129 Å². The number of hydrogen-bond donors (Lipinski definition) is 1. The number of nitrogens with one attached hydrogen (secondary N) is 1. The molecule has 0 aliphatic heterocycles. The first-order valence-corrected chi connectivity index (χ1v) is 7.63. The van der Waals surface area contributed by atoms with E-state index >= 15 is 0 Å². The molecule has 0 spiro atoms. The first kappa shape index (κ1) is 14.0. The maximum atomic E-state index is 6.05. The first-order valence-electron chi connectivity index (χ1n) is 7.26. The molecule has 3 aromatic rings. The minimum atomic E-state index is 0.719. The second-order valence-corrected chi connectivity index (χ2v) is 5.50. The van der Waals surface area contributed by atoms with Crippen molar-refractivity contribution in [1.82, 2.24) is 9.55 Å². The predicted molar refractivity (Wildman–Crippen MR) is 89.4 cm³/mol. The molecule has 0 radical (unpaired) electrons. The van der Waals surface area contributed by atoms with Gasteiger partial charge in [-0.15, -0.1) is 0 Å². The lowest BCUT2D eigenvalue weighted by atomic mass is 10.3. The van der Waals surface area contributed by atoms with Crippen LogP contribution in [0.5, 0.6) is 0 Å². The Bertz CT molecular complexity index is 749. The lowest BCUT2D eigenvalue weighted by Gasteiger charge is -2.10. The average Bonchev–Trinajstić information content (AvgIpc) is 2.82. The molecule has 0 saturated heterocycles. The van der Waals surface area contributed by atoms with E-state index in [4.69, 9.17) is 16.6 Å². The zero-order valence-corrected chi connectivity index (χ0v) is 12.8. The van der Waals surface area contributed by atoms with Gasteiger partial charge in [0.05, 0.1) is 11.0 Å². The van der Waals surface area contributed by atoms with E-state index in [1.54, 1.807) is 0 Å². The minimum Gasteiger partial charge on any atom is -0.326 e. The second-order valence-electron chi connectivity index (χ2n) is 5.06. The van der Waals surface area contributed by atoms with Crippen LogP contribution in [0.15, 0.2) is 48.5 Å². The van der Waals surface area contributed by atoms with Crippen molar-refractivity contribution in [3.63, 3.8) is 0 Å². The van der Waals surface area contributed by atoms with Crippen LogP contribution in [0.4, 0.5) is 11.6 Å². The van der Waals surface area contributed by atoms with E-state index in [2.05, 4.69) is 28.9 Å². The van der Waals surface area contributed by atoms with Crippen molar-refractivity contribution in [1.29, 1.82) is 0 Å². The third kappa shape index (κ3) is 3.03. The third-order valence-corrected chi connectivity index (χ3v) is 3.71. The summed E-state index contributed by atoms with van der Waals surface area (Å²) in [6.45, 7) is 3.16. The fraction of sp³-hybridized carbons (Fsp3) is 0.235.